The van der Waals surface area contributed by atoms with E-state index in [1.165, 1.54) is 4.90 Å². The molecule has 0 unspecified atom stereocenters. The Hall–Kier alpha value is -1.07. The smallest absolute Gasteiger partial charge is 0.0344 e. The van der Waals surface area contributed by atoms with E-state index in [9.17, 15) is 0 Å². The highest BCUT2D eigenvalue weighted by atomic mass is 32.2. The van der Waals surface area contributed by atoms with Crippen LogP contribution in [0.3, 0.4) is 0 Å². The number of rotatable bonds is 3. The SMILES string of the molecule is CC#CCCSc1ccc(N)c(C)c1. The van der Waals surface area contributed by atoms with E-state index in [2.05, 4.69) is 24.0 Å². The van der Waals surface area contributed by atoms with Gasteiger partial charge in [-0.1, -0.05) is 0 Å². The Bertz CT molecular complexity index is 360. The summed E-state index contributed by atoms with van der Waals surface area (Å²) in [7, 11) is 0. The molecule has 1 rings (SSSR count). The summed E-state index contributed by atoms with van der Waals surface area (Å²) in [6, 6.07) is 6.15. The summed E-state index contributed by atoms with van der Waals surface area (Å²) in [4.78, 5) is 1.27. The molecule has 1 aromatic rings. The lowest BCUT2D eigenvalue weighted by atomic mass is 10.2. The molecular weight excluding hydrogens is 190 g/mol. The minimum Gasteiger partial charge on any atom is -0.399 e. The third-order valence-electron chi connectivity index (χ3n) is 1.91. The molecular formula is C12H15NS. The molecule has 1 aromatic carbocycles. The van der Waals surface area contributed by atoms with Crippen LogP contribution in [0, 0.1) is 18.8 Å². The van der Waals surface area contributed by atoms with E-state index < -0.39 is 0 Å². The third kappa shape index (κ3) is 3.35. The summed E-state index contributed by atoms with van der Waals surface area (Å²) in [5.41, 5.74) is 7.75. The normalized spacial score (nSPS) is 9.29. The Balaban J connectivity index is 2.50. The molecule has 0 heterocycles. The zero-order valence-corrected chi connectivity index (χ0v) is 9.45. The minimum atomic E-state index is 0.864. The summed E-state index contributed by atoms with van der Waals surface area (Å²) >= 11 is 1.83. The first-order valence-corrected chi connectivity index (χ1v) is 5.61. The van der Waals surface area contributed by atoms with Crippen LogP contribution in [0.25, 0.3) is 0 Å². The van der Waals surface area contributed by atoms with E-state index in [4.69, 9.17) is 5.73 Å². The first kappa shape index (κ1) is 11.0. The van der Waals surface area contributed by atoms with Crippen molar-refractivity contribution in [1.82, 2.24) is 0 Å². The molecule has 74 valence electrons. The molecule has 0 fully saturated rings. The van der Waals surface area contributed by atoms with Crippen molar-refractivity contribution in [3.8, 4) is 11.8 Å². The molecule has 1 nitrogen and oxygen atoms in total. The molecule has 0 radical (unpaired) electrons. The fourth-order valence-electron chi connectivity index (χ4n) is 1.08. The van der Waals surface area contributed by atoms with Crippen molar-refractivity contribution in [3.63, 3.8) is 0 Å². The maximum atomic E-state index is 5.73. The van der Waals surface area contributed by atoms with E-state index in [1.54, 1.807) is 0 Å². The summed E-state index contributed by atoms with van der Waals surface area (Å²) in [6.45, 7) is 3.91. The van der Waals surface area contributed by atoms with Crippen LogP contribution < -0.4 is 5.73 Å². The topological polar surface area (TPSA) is 26.0 Å². The highest BCUT2D eigenvalue weighted by molar-refractivity contribution is 7.99. The lowest BCUT2D eigenvalue weighted by Gasteiger charge is -2.03. The lowest BCUT2D eigenvalue weighted by Crippen LogP contribution is -1.89. The number of aryl methyl sites for hydroxylation is 1. The fraction of sp³-hybridized carbons (Fsp3) is 0.333. The van der Waals surface area contributed by atoms with Crippen molar-refractivity contribution in [2.24, 2.45) is 0 Å². The van der Waals surface area contributed by atoms with Gasteiger partial charge in [-0.3, -0.25) is 0 Å². The molecule has 0 bridgehead atoms. The monoisotopic (exact) mass is 205 g/mol. The number of hydrogen-bond donors (Lipinski definition) is 1. The van der Waals surface area contributed by atoms with E-state index in [0.717, 1.165) is 23.4 Å². The van der Waals surface area contributed by atoms with Crippen LogP contribution in [-0.4, -0.2) is 5.75 Å². The van der Waals surface area contributed by atoms with Gasteiger partial charge in [-0.2, -0.15) is 0 Å². The number of anilines is 1. The molecule has 0 saturated heterocycles. The number of nitrogens with two attached hydrogens (primary N) is 1. The van der Waals surface area contributed by atoms with E-state index in [0.29, 0.717) is 0 Å². The maximum Gasteiger partial charge on any atom is 0.0344 e. The molecule has 0 aliphatic carbocycles. The molecule has 0 aromatic heterocycles. The van der Waals surface area contributed by atoms with Crippen LogP contribution in [0.15, 0.2) is 23.1 Å². The second-order valence-electron chi connectivity index (χ2n) is 3.04. The predicted octanol–water partition coefficient (Wildman–Crippen LogP) is 3.08. The molecule has 14 heavy (non-hydrogen) atoms. The van der Waals surface area contributed by atoms with Crippen molar-refractivity contribution in [3.05, 3.63) is 23.8 Å². The largest absolute Gasteiger partial charge is 0.399 e. The molecule has 2 heteroatoms. The van der Waals surface area contributed by atoms with Crippen molar-refractivity contribution in [2.75, 3.05) is 11.5 Å². The highest BCUT2D eigenvalue weighted by Crippen LogP contribution is 2.22. The van der Waals surface area contributed by atoms with Crippen LogP contribution >= 0.6 is 11.8 Å². The molecule has 0 aliphatic rings. The van der Waals surface area contributed by atoms with Gasteiger partial charge in [-0.05, 0) is 37.6 Å². The van der Waals surface area contributed by atoms with Crippen LogP contribution in [0.4, 0.5) is 5.69 Å². The Kier molecular flexibility index (Phi) is 4.42. The molecule has 0 spiro atoms. The first-order valence-electron chi connectivity index (χ1n) is 4.62. The van der Waals surface area contributed by atoms with E-state index in [-0.39, 0.29) is 0 Å². The maximum absolute atomic E-state index is 5.73. The van der Waals surface area contributed by atoms with Crippen molar-refractivity contribution >= 4 is 17.4 Å². The van der Waals surface area contributed by atoms with E-state index >= 15 is 0 Å². The van der Waals surface area contributed by atoms with Gasteiger partial charge < -0.3 is 5.73 Å². The van der Waals surface area contributed by atoms with Gasteiger partial charge in [0.2, 0.25) is 0 Å². The van der Waals surface area contributed by atoms with Crippen LogP contribution in [-0.2, 0) is 0 Å². The Morgan fingerprint density at radius 3 is 2.86 bits per heavy atom. The van der Waals surface area contributed by atoms with Gasteiger partial charge in [0.15, 0.2) is 0 Å². The van der Waals surface area contributed by atoms with Crippen LogP contribution in [0.5, 0.6) is 0 Å². The van der Waals surface area contributed by atoms with Gasteiger partial charge >= 0.3 is 0 Å². The average molecular weight is 205 g/mol. The Labute approximate surface area is 90.1 Å². The quantitative estimate of drug-likeness (QED) is 0.355. The predicted molar refractivity (Wildman–Crippen MR) is 64.4 cm³/mol. The van der Waals surface area contributed by atoms with Crippen molar-refractivity contribution in [2.45, 2.75) is 25.2 Å². The highest BCUT2D eigenvalue weighted by Gasteiger charge is 1.96. The standard InChI is InChI=1S/C12H15NS/c1-3-4-5-8-14-11-6-7-12(13)10(2)9-11/h6-7,9H,5,8,13H2,1-2H3. The zero-order chi connectivity index (χ0) is 10.4. The second kappa shape index (κ2) is 5.62. The Morgan fingerprint density at radius 2 is 2.21 bits per heavy atom. The van der Waals surface area contributed by atoms with Gasteiger partial charge in [0.05, 0.1) is 0 Å². The molecule has 0 aliphatic heterocycles. The van der Waals surface area contributed by atoms with Gasteiger partial charge in [0.25, 0.3) is 0 Å². The first-order chi connectivity index (χ1) is 6.74. The summed E-state index contributed by atoms with van der Waals surface area (Å²) in [5, 5.41) is 0. The van der Waals surface area contributed by atoms with Crippen molar-refractivity contribution in [1.29, 1.82) is 0 Å². The lowest BCUT2D eigenvalue weighted by molar-refractivity contribution is 1.28. The minimum absolute atomic E-state index is 0.864. The second-order valence-corrected chi connectivity index (χ2v) is 4.21. The van der Waals surface area contributed by atoms with Gasteiger partial charge in [-0.15, -0.1) is 23.6 Å². The van der Waals surface area contributed by atoms with Gasteiger partial charge in [0, 0.05) is 22.8 Å². The fourth-order valence-corrected chi connectivity index (χ4v) is 1.95. The zero-order valence-electron chi connectivity index (χ0n) is 8.63. The molecule has 2 N–H and O–H groups in total. The molecule has 0 saturated carbocycles. The molecule has 0 atom stereocenters. The summed E-state index contributed by atoms with van der Waals surface area (Å²) < 4.78 is 0. The third-order valence-corrected chi connectivity index (χ3v) is 2.91. The number of hydrogen-bond acceptors (Lipinski definition) is 2. The summed E-state index contributed by atoms with van der Waals surface area (Å²) in [6.07, 6.45) is 0.949. The average Bonchev–Trinajstić information content (AvgIpc) is 2.18. The summed E-state index contributed by atoms with van der Waals surface area (Å²) in [5.74, 6) is 6.99. The number of nitrogen functional groups attached to an aromatic ring is 1. The van der Waals surface area contributed by atoms with Crippen LogP contribution in [0.1, 0.15) is 18.9 Å². The van der Waals surface area contributed by atoms with Crippen molar-refractivity contribution < 1.29 is 0 Å². The Morgan fingerprint density at radius 1 is 1.43 bits per heavy atom. The van der Waals surface area contributed by atoms with Crippen LogP contribution in [0.2, 0.25) is 0 Å². The molecule has 0 amide bonds. The van der Waals surface area contributed by atoms with Gasteiger partial charge in [0.1, 0.15) is 0 Å². The van der Waals surface area contributed by atoms with E-state index in [1.807, 2.05) is 31.7 Å². The number of benzene rings is 1. The van der Waals surface area contributed by atoms with Gasteiger partial charge in [-0.25, -0.2) is 0 Å². The number of thioether (sulfide) groups is 1.